The molecular formula is C9H15N3O2. The zero-order valence-electron chi connectivity index (χ0n) is 8.65. The second-order valence-corrected chi connectivity index (χ2v) is 2.90. The van der Waals surface area contributed by atoms with Crippen LogP contribution >= 0.6 is 0 Å². The average molecular weight is 197 g/mol. The molecule has 78 valence electrons. The Morgan fingerprint density at radius 1 is 1.43 bits per heavy atom. The van der Waals surface area contributed by atoms with E-state index in [2.05, 4.69) is 15.5 Å². The van der Waals surface area contributed by atoms with Crippen LogP contribution < -0.4 is 5.32 Å². The molecule has 1 heterocycles. The van der Waals surface area contributed by atoms with Crippen molar-refractivity contribution in [1.82, 2.24) is 10.2 Å². The van der Waals surface area contributed by atoms with Crippen LogP contribution in [0.4, 0.5) is 5.82 Å². The second-order valence-electron chi connectivity index (χ2n) is 2.90. The van der Waals surface area contributed by atoms with Gasteiger partial charge in [0.2, 0.25) is 0 Å². The van der Waals surface area contributed by atoms with Gasteiger partial charge in [-0.2, -0.15) is 5.10 Å². The lowest BCUT2D eigenvalue weighted by molar-refractivity contribution is -0.0914. The molecule has 0 saturated carbocycles. The van der Waals surface area contributed by atoms with Crippen LogP contribution in [0.2, 0.25) is 0 Å². The van der Waals surface area contributed by atoms with Crippen molar-refractivity contribution < 1.29 is 9.47 Å². The third-order valence-electron chi connectivity index (χ3n) is 1.77. The molecule has 5 nitrogen and oxygen atoms in total. The Morgan fingerprint density at radius 2 is 2.14 bits per heavy atom. The first-order chi connectivity index (χ1) is 6.76. The van der Waals surface area contributed by atoms with Gasteiger partial charge in [-0.05, 0) is 18.6 Å². The summed E-state index contributed by atoms with van der Waals surface area (Å²) in [5.41, 5.74) is 1.06. The number of anilines is 1. The molecule has 1 N–H and O–H groups in total. The molecular weight excluding hydrogens is 182 g/mol. The minimum Gasteiger partial charge on any atom is -0.363 e. The fraction of sp³-hybridized carbons (Fsp3) is 0.556. The minimum absolute atomic E-state index is 0.266. The van der Waals surface area contributed by atoms with Gasteiger partial charge in [-0.1, -0.05) is 0 Å². The molecule has 1 aromatic heterocycles. The van der Waals surface area contributed by atoms with E-state index in [0.29, 0.717) is 6.54 Å². The Balaban J connectivity index is 2.44. The molecule has 0 saturated heterocycles. The fourth-order valence-electron chi connectivity index (χ4n) is 1.00. The quantitative estimate of drug-likeness (QED) is 0.708. The third-order valence-corrected chi connectivity index (χ3v) is 1.77. The highest BCUT2D eigenvalue weighted by molar-refractivity contribution is 5.34. The number of nitrogens with one attached hydrogen (secondary N) is 1. The van der Waals surface area contributed by atoms with E-state index in [1.165, 1.54) is 0 Å². The van der Waals surface area contributed by atoms with E-state index in [0.717, 1.165) is 11.4 Å². The van der Waals surface area contributed by atoms with Crippen LogP contribution in [-0.2, 0) is 9.47 Å². The van der Waals surface area contributed by atoms with E-state index in [9.17, 15) is 0 Å². The Labute approximate surface area is 83.4 Å². The van der Waals surface area contributed by atoms with E-state index in [-0.39, 0.29) is 6.29 Å². The van der Waals surface area contributed by atoms with Gasteiger partial charge in [-0.25, -0.2) is 0 Å². The van der Waals surface area contributed by atoms with Crippen molar-refractivity contribution in [2.24, 2.45) is 0 Å². The van der Waals surface area contributed by atoms with Gasteiger partial charge in [0.1, 0.15) is 5.82 Å². The van der Waals surface area contributed by atoms with E-state index in [1.54, 1.807) is 20.4 Å². The van der Waals surface area contributed by atoms with Crippen LogP contribution in [0.1, 0.15) is 5.56 Å². The molecule has 0 spiro atoms. The Morgan fingerprint density at radius 3 is 2.71 bits per heavy atom. The van der Waals surface area contributed by atoms with E-state index in [1.807, 2.05) is 13.0 Å². The first kappa shape index (κ1) is 10.9. The number of hydrogen-bond donors (Lipinski definition) is 1. The van der Waals surface area contributed by atoms with E-state index >= 15 is 0 Å². The van der Waals surface area contributed by atoms with Crippen molar-refractivity contribution in [3.05, 3.63) is 17.8 Å². The van der Waals surface area contributed by atoms with Crippen LogP contribution in [0, 0.1) is 6.92 Å². The van der Waals surface area contributed by atoms with Gasteiger partial charge < -0.3 is 14.8 Å². The third kappa shape index (κ3) is 3.27. The van der Waals surface area contributed by atoms with Gasteiger partial charge in [-0.15, -0.1) is 5.10 Å². The van der Waals surface area contributed by atoms with E-state index in [4.69, 9.17) is 9.47 Å². The maximum atomic E-state index is 5.02. The lowest BCUT2D eigenvalue weighted by atomic mass is 10.3. The highest BCUT2D eigenvalue weighted by atomic mass is 16.7. The summed E-state index contributed by atoms with van der Waals surface area (Å²) in [5, 5.41) is 10.8. The van der Waals surface area contributed by atoms with Crippen LogP contribution in [0.25, 0.3) is 0 Å². The SMILES string of the molecule is COC(CNc1cc(C)cnn1)OC. The van der Waals surface area contributed by atoms with Gasteiger partial charge in [0.25, 0.3) is 0 Å². The molecule has 0 atom stereocenters. The lowest BCUT2D eigenvalue weighted by Crippen LogP contribution is -2.24. The molecule has 5 heteroatoms. The maximum Gasteiger partial charge on any atom is 0.173 e. The van der Waals surface area contributed by atoms with Gasteiger partial charge in [0.15, 0.2) is 6.29 Å². The summed E-state index contributed by atoms with van der Waals surface area (Å²) in [5.74, 6) is 0.726. The van der Waals surface area contributed by atoms with Crippen molar-refractivity contribution in [3.63, 3.8) is 0 Å². The molecule has 0 aliphatic rings. The first-order valence-electron chi connectivity index (χ1n) is 4.35. The molecule has 14 heavy (non-hydrogen) atoms. The summed E-state index contributed by atoms with van der Waals surface area (Å²) in [6.07, 6.45) is 1.44. The van der Waals surface area contributed by atoms with Crippen molar-refractivity contribution in [1.29, 1.82) is 0 Å². The molecule has 1 rings (SSSR count). The van der Waals surface area contributed by atoms with Crippen molar-refractivity contribution in [2.75, 3.05) is 26.1 Å². The molecule has 0 amide bonds. The average Bonchev–Trinajstić information content (AvgIpc) is 2.19. The number of rotatable bonds is 5. The zero-order chi connectivity index (χ0) is 10.4. The van der Waals surface area contributed by atoms with Gasteiger partial charge in [-0.3, -0.25) is 0 Å². The van der Waals surface area contributed by atoms with Gasteiger partial charge >= 0.3 is 0 Å². The van der Waals surface area contributed by atoms with Crippen LogP contribution in [0.5, 0.6) is 0 Å². The highest BCUT2D eigenvalue weighted by Gasteiger charge is 2.04. The number of aryl methyl sites for hydroxylation is 1. The number of methoxy groups -OCH3 is 2. The summed E-state index contributed by atoms with van der Waals surface area (Å²) in [7, 11) is 3.19. The summed E-state index contributed by atoms with van der Waals surface area (Å²) in [4.78, 5) is 0. The summed E-state index contributed by atoms with van der Waals surface area (Å²) in [6.45, 7) is 2.51. The Hall–Kier alpha value is -1.20. The van der Waals surface area contributed by atoms with Crippen molar-refractivity contribution in [3.8, 4) is 0 Å². The first-order valence-corrected chi connectivity index (χ1v) is 4.35. The topological polar surface area (TPSA) is 56.3 Å². The highest BCUT2D eigenvalue weighted by Crippen LogP contribution is 2.03. The molecule has 0 radical (unpaired) electrons. The predicted molar refractivity (Wildman–Crippen MR) is 53.1 cm³/mol. The summed E-state index contributed by atoms with van der Waals surface area (Å²) >= 11 is 0. The normalized spacial score (nSPS) is 10.6. The molecule has 0 bridgehead atoms. The van der Waals surface area contributed by atoms with Crippen LogP contribution in [-0.4, -0.2) is 37.3 Å². The summed E-state index contributed by atoms with van der Waals surface area (Å²) in [6, 6.07) is 1.91. The Kier molecular flexibility index (Phi) is 4.28. The number of nitrogens with zero attached hydrogens (tertiary/aromatic N) is 2. The smallest absolute Gasteiger partial charge is 0.173 e. The molecule has 0 aliphatic heterocycles. The number of aromatic nitrogens is 2. The molecule has 0 aliphatic carbocycles. The van der Waals surface area contributed by atoms with Crippen LogP contribution in [0.15, 0.2) is 12.3 Å². The molecule has 0 unspecified atom stereocenters. The fourth-order valence-corrected chi connectivity index (χ4v) is 1.00. The lowest BCUT2D eigenvalue weighted by Gasteiger charge is -2.13. The number of ether oxygens (including phenoxy) is 2. The Bertz CT molecular complexity index is 277. The monoisotopic (exact) mass is 197 g/mol. The van der Waals surface area contributed by atoms with E-state index < -0.39 is 0 Å². The van der Waals surface area contributed by atoms with Crippen molar-refractivity contribution in [2.45, 2.75) is 13.2 Å². The summed E-state index contributed by atoms with van der Waals surface area (Å²) < 4.78 is 10.0. The minimum atomic E-state index is -0.266. The largest absolute Gasteiger partial charge is 0.363 e. The van der Waals surface area contributed by atoms with Crippen molar-refractivity contribution >= 4 is 5.82 Å². The van der Waals surface area contributed by atoms with Gasteiger partial charge in [0, 0.05) is 14.2 Å². The second kappa shape index (κ2) is 5.51. The molecule has 0 aromatic carbocycles. The predicted octanol–water partition coefficient (Wildman–Crippen LogP) is 0.816. The molecule has 0 fully saturated rings. The van der Waals surface area contributed by atoms with Gasteiger partial charge in [0.05, 0.1) is 12.7 Å². The number of hydrogen-bond acceptors (Lipinski definition) is 5. The molecule has 1 aromatic rings. The standard InChI is InChI=1S/C9H15N3O2/c1-7-4-8(12-11-5-7)10-6-9(13-2)14-3/h4-5,9H,6H2,1-3H3,(H,10,12). The maximum absolute atomic E-state index is 5.02. The van der Waals surface area contributed by atoms with Crippen LogP contribution in [0.3, 0.4) is 0 Å². The zero-order valence-corrected chi connectivity index (χ0v) is 8.65.